The van der Waals surface area contributed by atoms with Crippen LogP contribution in [-0.2, 0) is 21.2 Å². The molecular weight excluding hydrogens is 406 g/mol. The van der Waals surface area contributed by atoms with Gasteiger partial charge in [-0.25, -0.2) is 13.6 Å². The van der Waals surface area contributed by atoms with Crippen LogP contribution < -0.4 is 10.5 Å². The van der Waals surface area contributed by atoms with Gasteiger partial charge in [0.2, 0.25) is 15.9 Å². The van der Waals surface area contributed by atoms with Gasteiger partial charge in [0.15, 0.2) is 0 Å². The summed E-state index contributed by atoms with van der Waals surface area (Å²) in [5, 5.41) is 10.1. The Bertz CT molecular complexity index is 1130. The monoisotopic (exact) mass is 427 g/mol. The van der Waals surface area contributed by atoms with Crippen LogP contribution in [0.1, 0.15) is 22.0 Å². The number of nitrogens with zero attached hydrogens (tertiary/aromatic N) is 1. The first kappa shape index (κ1) is 19.8. The summed E-state index contributed by atoms with van der Waals surface area (Å²) in [6.07, 6.45) is 0.907. The molecule has 0 saturated carbocycles. The fourth-order valence-electron chi connectivity index (χ4n) is 3.70. The quantitative estimate of drug-likeness (QED) is 0.655. The number of nitrogens with one attached hydrogen (secondary N) is 1. The van der Waals surface area contributed by atoms with E-state index in [0.717, 1.165) is 18.5 Å². The van der Waals surface area contributed by atoms with E-state index in [0.29, 0.717) is 5.69 Å². The van der Waals surface area contributed by atoms with Crippen LogP contribution in [0.5, 0.6) is 0 Å². The molecule has 0 bridgehead atoms. The summed E-state index contributed by atoms with van der Waals surface area (Å²) < 4.78 is 23.1. The molecule has 1 atom stereocenters. The number of thiophene rings is 1. The van der Waals surface area contributed by atoms with Crippen molar-refractivity contribution in [1.29, 1.82) is 0 Å². The molecule has 150 valence electrons. The molecule has 2 aromatic carbocycles. The van der Waals surface area contributed by atoms with Crippen LogP contribution in [0.3, 0.4) is 0 Å². The first-order valence-electron chi connectivity index (χ1n) is 9.20. The van der Waals surface area contributed by atoms with Crippen LogP contribution in [0.25, 0.3) is 0 Å². The largest absolute Gasteiger partial charge is 0.325 e. The maximum atomic E-state index is 12.7. The van der Waals surface area contributed by atoms with Crippen LogP contribution in [0, 0.1) is 0 Å². The lowest BCUT2D eigenvalue weighted by Gasteiger charge is -2.35. The second kappa shape index (κ2) is 8.08. The van der Waals surface area contributed by atoms with E-state index in [1.807, 2.05) is 18.2 Å². The zero-order valence-corrected chi connectivity index (χ0v) is 17.2. The molecule has 0 aliphatic carbocycles. The van der Waals surface area contributed by atoms with Crippen LogP contribution in [0.2, 0.25) is 0 Å². The van der Waals surface area contributed by atoms with Gasteiger partial charge >= 0.3 is 0 Å². The van der Waals surface area contributed by atoms with Gasteiger partial charge in [-0.1, -0.05) is 36.4 Å². The molecule has 0 radical (unpaired) electrons. The van der Waals surface area contributed by atoms with Gasteiger partial charge in [-0.05, 0) is 47.2 Å². The molecular formula is C21H21N3O3S2. The second-order valence-corrected chi connectivity index (χ2v) is 9.52. The van der Waals surface area contributed by atoms with E-state index < -0.39 is 10.0 Å². The molecule has 8 heteroatoms. The Hall–Kier alpha value is -2.52. The summed E-state index contributed by atoms with van der Waals surface area (Å²) in [5.41, 5.74) is 2.80. The highest BCUT2D eigenvalue weighted by molar-refractivity contribution is 7.89. The first-order chi connectivity index (χ1) is 13.9. The van der Waals surface area contributed by atoms with Crippen molar-refractivity contribution < 1.29 is 13.2 Å². The number of anilines is 1. The summed E-state index contributed by atoms with van der Waals surface area (Å²) in [5.74, 6) is -0.198. The number of carbonyl (C=O) groups excluding carboxylic acids is 1. The number of benzene rings is 2. The topological polar surface area (TPSA) is 92.5 Å². The minimum Gasteiger partial charge on any atom is -0.325 e. The number of rotatable bonds is 5. The summed E-state index contributed by atoms with van der Waals surface area (Å²) in [6, 6.07) is 18.3. The molecule has 1 aliphatic rings. The number of amides is 1. The van der Waals surface area contributed by atoms with E-state index >= 15 is 0 Å². The normalized spacial score (nSPS) is 16.9. The van der Waals surface area contributed by atoms with Crippen molar-refractivity contribution >= 4 is 33.0 Å². The highest BCUT2D eigenvalue weighted by Crippen LogP contribution is 2.37. The van der Waals surface area contributed by atoms with Crippen LogP contribution in [0.4, 0.5) is 5.69 Å². The van der Waals surface area contributed by atoms with Gasteiger partial charge in [-0.3, -0.25) is 9.69 Å². The molecule has 6 nitrogen and oxygen atoms in total. The molecule has 0 saturated heterocycles. The molecule has 2 heterocycles. The van der Waals surface area contributed by atoms with Crippen molar-refractivity contribution in [2.24, 2.45) is 5.14 Å². The third-order valence-electron chi connectivity index (χ3n) is 4.97. The molecule has 1 aromatic heterocycles. The summed E-state index contributed by atoms with van der Waals surface area (Å²) >= 11 is 1.76. The number of primary sulfonamides is 1. The molecule has 3 N–H and O–H groups in total. The Morgan fingerprint density at radius 2 is 1.93 bits per heavy atom. The molecule has 0 spiro atoms. The molecule has 1 aliphatic heterocycles. The summed E-state index contributed by atoms with van der Waals surface area (Å²) in [4.78, 5) is 16.2. The highest BCUT2D eigenvalue weighted by atomic mass is 32.2. The van der Waals surface area contributed by atoms with E-state index in [1.165, 1.54) is 22.6 Å². The van der Waals surface area contributed by atoms with E-state index in [-0.39, 0.29) is 23.4 Å². The standard InChI is InChI=1S/C21H21N3O3S2/c22-29(26,27)17-8-4-7-16(13-17)23-20(25)14-24-11-9-19-18(10-12-28-19)21(24)15-5-2-1-3-6-15/h1-8,10,12-13,21H,9,11,14H2,(H,23,25)(H2,22,26,27)/t21-/m0/s1. The van der Waals surface area contributed by atoms with Crippen molar-refractivity contribution in [3.05, 3.63) is 82.0 Å². The molecule has 3 aromatic rings. The minimum absolute atomic E-state index is 0.0210. The smallest absolute Gasteiger partial charge is 0.238 e. The van der Waals surface area contributed by atoms with Crippen molar-refractivity contribution in [3.8, 4) is 0 Å². The van der Waals surface area contributed by atoms with Gasteiger partial charge in [0, 0.05) is 17.1 Å². The van der Waals surface area contributed by atoms with Gasteiger partial charge in [0.25, 0.3) is 0 Å². The van der Waals surface area contributed by atoms with Crippen LogP contribution in [0.15, 0.2) is 70.9 Å². The second-order valence-electron chi connectivity index (χ2n) is 6.95. The molecule has 0 unspecified atom stereocenters. The Morgan fingerprint density at radius 3 is 2.69 bits per heavy atom. The van der Waals surface area contributed by atoms with Crippen molar-refractivity contribution in [1.82, 2.24) is 4.90 Å². The lowest BCUT2D eigenvalue weighted by molar-refractivity contribution is -0.117. The number of carbonyl (C=O) groups is 1. The van der Waals surface area contributed by atoms with Crippen molar-refractivity contribution in [2.45, 2.75) is 17.4 Å². The zero-order chi connectivity index (χ0) is 20.4. The number of fused-ring (bicyclic) bond motifs is 1. The van der Waals surface area contributed by atoms with Gasteiger partial charge in [0.1, 0.15) is 0 Å². The fraction of sp³-hybridized carbons (Fsp3) is 0.190. The maximum absolute atomic E-state index is 12.7. The lowest BCUT2D eigenvalue weighted by Crippen LogP contribution is -2.40. The zero-order valence-electron chi connectivity index (χ0n) is 15.6. The Morgan fingerprint density at radius 1 is 1.14 bits per heavy atom. The minimum atomic E-state index is -3.82. The van der Waals surface area contributed by atoms with E-state index in [1.54, 1.807) is 23.5 Å². The molecule has 1 amide bonds. The SMILES string of the molecule is NS(=O)(=O)c1cccc(NC(=O)CN2CCc3sccc3[C@@H]2c2ccccc2)c1. The van der Waals surface area contributed by atoms with Crippen LogP contribution >= 0.6 is 11.3 Å². The maximum Gasteiger partial charge on any atom is 0.238 e. The van der Waals surface area contributed by atoms with Gasteiger partial charge in [0.05, 0.1) is 17.5 Å². The Balaban J connectivity index is 1.54. The van der Waals surface area contributed by atoms with Gasteiger partial charge in [-0.2, -0.15) is 0 Å². The summed E-state index contributed by atoms with van der Waals surface area (Å²) in [7, 11) is -3.82. The Labute approximate surface area is 174 Å². The van der Waals surface area contributed by atoms with E-state index in [2.05, 4.69) is 33.8 Å². The molecule has 0 fully saturated rings. The Kier molecular flexibility index (Phi) is 5.51. The third-order valence-corrected chi connectivity index (χ3v) is 6.88. The van der Waals surface area contributed by atoms with Crippen LogP contribution in [-0.4, -0.2) is 32.3 Å². The van der Waals surface area contributed by atoms with Gasteiger partial charge < -0.3 is 5.32 Å². The predicted molar refractivity (Wildman–Crippen MR) is 114 cm³/mol. The number of hydrogen-bond donors (Lipinski definition) is 2. The number of sulfonamides is 1. The average molecular weight is 428 g/mol. The number of nitrogens with two attached hydrogens (primary N) is 1. The summed E-state index contributed by atoms with van der Waals surface area (Å²) in [6.45, 7) is 0.978. The molecule has 4 rings (SSSR count). The van der Waals surface area contributed by atoms with Crippen molar-refractivity contribution in [3.63, 3.8) is 0 Å². The lowest BCUT2D eigenvalue weighted by atomic mass is 9.93. The first-order valence-corrected chi connectivity index (χ1v) is 11.6. The van der Waals surface area contributed by atoms with E-state index in [9.17, 15) is 13.2 Å². The van der Waals surface area contributed by atoms with Gasteiger partial charge in [-0.15, -0.1) is 11.3 Å². The third kappa shape index (κ3) is 4.40. The average Bonchev–Trinajstić information content (AvgIpc) is 3.16. The number of hydrogen-bond acceptors (Lipinski definition) is 5. The highest BCUT2D eigenvalue weighted by Gasteiger charge is 2.30. The fourth-order valence-corrected chi connectivity index (χ4v) is 5.16. The molecule has 29 heavy (non-hydrogen) atoms. The predicted octanol–water partition coefficient (Wildman–Crippen LogP) is 2.98. The van der Waals surface area contributed by atoms with Crippen molar-refractivity contribution in [2.75, 3.05) is 18.4 Å². The van der Waals surface area contributed by atoms with E-state index in [4.69, 9.17) is 5.14 Å².